The minimum Gasteiger partial charge on any atom is -0.474 e. The van der Waals surface area contributed by atoms with E-state index >= 15 is 0 Å². The molecule has 2 aromatic rings. The molecule has 1 saturated heterocycles. The highest BCUT2D eigenvalue weighted by molar-refractivity contribution is 6.30. The third-order valence-electron chi connectivity index (χ3n) is 4.24. The highest BCUT2D eigenvalue weighted by Gasteiger charge is 2.34. The van der Waals surface area contributed by atoms with Crippen molar-refractivity contribution in [3.63, 3.8) is 0 Å². The standard InChI is InChI=1S/C17H17ClF2N2O/c1-10(23-17-5-3-12(18)7-22-17)13-8-21-9-14(13)11-2-4-15(19)16(20)6-11/h2-7,10,13-14,21H,8-9H2,1H3/t10-,13+,14+/m0/s1. The summed E-state index contributed by atoms with van der Waals surface area (Å²) in [6.07, 6.45) is 1.40. The van der Waals surface area contributed by atoms with Gasteiger partial charge in [0.1, 0.15) is 6.10 Å². The van der Waals surface area contributed by atoms with Crippen LogP contribution in [0, 0.1) is 17.6 Å². The highest BCUT2D eigenvalue weighted by atomic mass is 35.5. The van der Waals surface area contributed by atoms with Crippen LogP contribution in [0.25, 0.3) is 0 Å². The van der Waals surface area contributed by atoms with Crippen LogP contribution >= 0.6 is 11.6 Å². The van der Waals surface area contributed by atoms with Gasteiger partial charge in [-0.3, -0.25) is 0 Å². The molecular formula is C17H17ClF2N2O. The van der Waals surface area contributed by atoms with Gasteiger partial charge in [0.15, 0.2) is 11.6 Å². The summed E-state index contributed by atoms with van der Waals surface area (Å²) in [5.74, 6) is -0.949. The third-order valence-corrected chi connectivity index (χ3v) is 4.47. The molecule has 3 rings (SSSR count). The lowest BCUT2D eigenvalue weighted by Crippen LogP contribution is -2.29. The monoisotopic (exact) mass is 338 g/mol. The van der Waals surface area contributed by atoms with Gasteiger partial charge in [-0.15, -0.1) is 0 Å². The summed E-state index contributed by atoms with van der Waals surface area (Å²) in [5, 5.41) is 3.84. The van der Waals surface area contributed by atoms with E-state index in [1.165, 1.54) is 18.3 Å². The van der Waals surface area contributed by atoms with Gasteiger partial charge in [0.2, 0.25) is 5.88 Å². The Morgan fingerprint density at radius 3 is 2.74 bits per heavy atom. The van der Waals surface area contributed by atoms with E-state index in [1.807, 2.05) is 6.92 Å². The molecule has 6 heteroatoms. The van der Waals surface area contributed by atoms with Crippen LogP contribution in [-0.4, -0.2) is 24.2 Å². The molecule has 1 aromatic heterocycles. The number of rotatable bonds is 4. The summed E-state index contributed by atoms with van der Waals surface area (Å²) in [6, 6.07) is 7.51. The van der Waals surface area contributed by atoms with E-state index < -0.39 is 11.6 Å². The maximum atomic E-state index is 13.5. The summed E-state index contributed by atoms with van der Waals surface area (Å²) in [5.41, 5.74) is 0.776. The van der Waals surface area contributed by atoms with Crippen molar-refractivity contribution in [3.05, 3.63) is 58.7 Å². The predicted molar refractivity (Wildman–Crippen MR) is 84.8 cm³/mol. The normalized spacial score (nSPS) is 22.1. The number of aromatic nitrogens is 1. The molecule has 2 heterocycles. The predicted octanol–water partition coefficient (Wildman–Crippen LogP) is 3.78. The Balaban J connectivity index is 1.75. The molecule has 23 heavy (non-hydrogen) atoms. The molecule has 1 aliphatic heterocycles. The molecule has 1 aliphatic rings. The van der Waals surface area contributed by atoms with E-state index in [0.29, 0.717) is 17.4 Å². The molecule has 0 spiro atoms. The molecule has 3 nitrogen and oxygen atoms in total. The minimum atomic E-state index is -0.828. The first-order chi connectivity index (χ1) is 11.0. The largest absolute Gasteiger partial charge is 0.474 e. The maximum Gasteiger partial charge on any atom is 0.213 e. The quantitative estimate of drug-likeness (QED) is 0.921. The van der Waals surface area contributed by atoms with Crippen LogP contribution in [0.5, 0.6) is 5.88 Å². The lowest BCUT2D eigenvalue weighted by Gasteiger charge is -2.25. The number of nitrogens with one attached hydrogen (secondary N) is 1. The molecule has 1 N–H and O–H groups in total. The van der Waals surface area contributed by atoms with E-state index in [-0.39, 0.29) is 17.9 Å². The van der Waals surface area contributed by atoms with Crippen molar-refractivity contribution in [2.75, 3.05) is 13.1 Å². The fraction of sp³-hybridized carbons (Fsp3) is 0.353. The van der Waals surface area contributed by atoms with Crippen molar-refractivity contribution in [2.45, 2.75) is 18.9 Å². The molecule has 3 atom stereocenters. The van der Waals surface area contributed by atoms with Gasteiger partial charge in [0.25, 0.3) is 0 Å². The van der Waals surface area contributed by atoms with Gasteiger partial charge in [-0.05, 0) is 30.7 Å². The zero-order valence-electron chi connectivity index (χ0n) is 12.6. The zero-order chi connectivity index (χ0) is 16.4. The Hall–Kier alpha value is -1.72. The topological polar surface area (TPSA) is 34.1 Å². The fourth-order valence-electron chi connectivity index (χ4n) is 3.01. The van der Waals surface area contributed by atoms with Crippen LogP contribution < -0.4 is 10.1 Å². The Labute approximate surface area is 138 Å². The molecule has 0 amide bonds. The van der Waals surface area contributed by atoms with Gasteiger partial charge < -0.3 is 10.1 Å². The molecule has 0 saturated carbocycles. The third kappa shape index (κ3) is 3.62. The van der Waals surface area contributed by atoms with Crippen LogP contribution in [0.1, 0.15) is 18.4 Å². The van der Waals surface area contributed by atoms with Gasteiger partial charge >= 0.3 is 0 Å². The molecule has 122 valence electrons. The van der Waals surface area contributed by atoms with E-state index in [4.69, 9.17) is 16.3 Å². The lowest BCUT2D eigenvalue weighted by atomic mass is 9.85. The molecule has 0 unspecified atom stereocenters. The lowest BCUT2D eigenvalue weighted by molar-refractivity contribution is 0.145. The summed E-state index contributed by atoms with van der Waals surface area (Å²) in [6.45, 7) is 3.41. The van der Waals surface area contributed by atoms with Crippen LogP contribution in [0.4, 0.5) is 8.78 Å². The second kappa shape index (κ2) is 6.81. The summed E-state index contributed by atoms with van der Waals surface area (Å²) in [7, 11) is 0. The fourth-order valence-corrected chi connectivity index (χ4v) is 3.12. The Morgan fingerprint density at radius 1 is 1.22 bits per heavy atom. The second-order valence-electron chi connectivity index (χ2n) is 5.74. The smallest absolute Gasteiger partial charge is 0.213 e. The first kappa shape index (κ1) is 16.1. The molecular weight excluding hydrogens is 322 g/mol. The molecule has 1 aromatic carbocycles. The molecule has 0 bridgehead atoms. The van der Waals surface area contributed by atoms with Crippen molar-refractivity contribution in [1.29, 1.82) is 0 Å². The van der Waals surface area contributed by atoms with Crippen molar-refractivity contribution in [2.24, 2.45) is 5.92 Å². The van der Waals surface area contributed by atoms with Crippen molar-refractivity contribution >= 4 is 11.6 Å². The van der Waals surface area contributed by atoms with E-state index in [1.54, 1.807) is 18.2 Å². The number of nitrogens with zero attached hydrogens (tertiary/aromatic N) is 1. The van der Waals surface area contributed by atoms with Crippen molar-refractivity contribution < 1.29 is 13.5 Å². The summed E-state index contributed by atoms with van der Waals surface area (Å²) >= 11 is 5.81. The van der Waals surface area contributed by atoms with Gasteiger partial charge in [-0.1, -0.05) is 17.7 Å². The molecule has 0 aliphatic carbocycles. The number of halogens is 3. The van der Waals surface area contributed by atoms with Crippen LogP contribution in [0.3, 0.4) is 0 Å². The first-order valence-corrected chi connectivity index (χ1v) is 7.86. The van der Waals surface area contributed by atoms with Gasteiger partial charge in [0, 0.05) is 37.2 Å². The second-order valence-corrected chi connectivity index (χ2v) is 6.18. The number of ether oxygens (including phenoxy) is 1. The van der Waals surface area contributed by atoms with E-state index in [9.17, 15) is 8.78 Å². The van der Waals surface area contributed by atoms with Crippen LogP contribution in [0.15, 0.2) is 36.5 Å². The Morgan fingerprint density at radius 2 is 2.04 bits per heavy atom. The zero-order valence-corrected chi connectivity index (χ0v) is 13.4. The average Bonchev–Trinajstić information content (AvgIpc) is 3.02. The van der Waals surface area contributed by atoms with Gasteiger partial charge in [0.05, 0.1) is 5.02 Å². The Bertz CT molecular complexity index is 681. The minimum absolute atomic E-state index is 0.0624. The van der Waals surface area contributed by atoms with E-state index in [0.717, 1.165) is 12.1 Å². The van der Waals surface area contributed by atoms with Crippen molar-refractivity contribution in [1.82, 2.24) is 10.3 Å². The first-order valence-electron chi connectivity index (χ1n) is 7.48. The number of pyridine rings is 1. The number of hydrogen-bond donors (Lipinski definition) is 1. The highest BCUT2D eigenvalue weighted by Crippen LogP contribution is 2.32. The van der Waals surface area contributed by atoms with Gasteiger partial charge in [-0.25, -0.2) is 13.8 Å². The number of hydrogen-bond acceptors (Lipinski definition) is 3. The van der Waals surface area contributed by atoms with Gasteiger partial charge in [-0.2, -0.15) is 0 Å². The van der Waals surface area contributed by atoms with Crippen LogP contribution in [0.2, 0.25) is 5.02 Å². The van der Waals surface area contributed by atoms with Crippen LogP contribution in [-0.2, 0) is 0 Å². The SMILES string of the molecule is C[C@H](Oc1ccc(Cl)cn1)[C@H]1CNC[C@@H]1c1ccc(F)c(F)c1. The molecule has 1 fully saturated rings. The molecule has 0 radical (unpaired) electrons. The van der Waals surface area contributed by atoms with E-state index in [2.05, 4.69) is 10.3 Å². The average molecular weight is 339 g/mol. The maximum absolute atomic E-state index is 13.5. The summed E-state index contributed by atoms with van der Waals surface area (Å²) < 4.78 is 32.5. The summed E-state index contributed by atoms with van der Waals surface area (Å²) in [4.78, 5) is 4.13. The number of benzene rings is 1. The van der Waals surface area contributed by atoms with Crippen molar-refractivity contribution in [3.8, 4) is 5.88 Å². The Kier molecular flexibility index (Phi) is 4.78.